The van der Waals surface area contributed by atoms with Crippen LogP contribution in [-0.2, 0) is 50.6 Å². The van der Waals surface area contributed by atoms with Crippen molar-refractivity contribution in [1.29, 1.82) is 0 Å². The molecular weight excluding hydrogens is 1230 g/mol. The summed E-state index contributed by atoms with van der Waals surface area (Å²) in [5.74, 6) is -2.56. The maximum Gasteiger partial charge on any atom is 1.00 e. The third kappa shape index (κ3) is 15.8. The van der Waals surface area contributed by atoms with Gasteiger partial charge in [0, 0.05) is 27.9 Å². The predicted octanol–water partition coefficient (Wildman–Crippen LogP) is -9.57. The van der Waals surface area contributed by atoms with Crippen LogP contribution in [-0.4, -0.2) is 97.4 Å². The van der Waals surface area contributed by atoms with Gasteiger partial charge >= 0.3 is 154 Å². The number of anilines is 8. The number of primary amides is 1. The summed E-state index contributed by atoms with van der Waals surface area (Å²) in [4.78, 5) is 46.5. The number of hydrogen-bond donors (Lipinski definition) is 11. The number of aromatic nitrogens is 3. The summed E-state index contributed by atoms with van der Waals surface area (Å²) in [5.41, 5.74) is 7.11. The minimum Gasteiger partial charge on any atom is -0.397 e. The third-order valence-electron chi connectivity index (χ3n) is 10.5. The second-order valence-corrected chi connectivity index (χ2v) is 22.7. The van der Waals surface area contributed by atoms with E-state index < -0.39 is 149 Å². The van der Waals surface area contributed by atoms with Gasteiger partial charge in [0.25, 0.3) is 50.6 Å². The van der Waals surface area contributed by atoms with E-state index in [1.165, 1.54) is 30.3 Å². The van der Waals surface area contributed by atoms with Crippen LogP contribution in [0.3, 0.4) is 0 Å². The molecule has 6 aromatic carbocycles. The molecule has 0 saturated heterocycles. The molecular formula is C40H28ClN11Na5O18S5+5. The maximum absolute atomic E-state index is 13.8. The molecule has 0 atom stereocenters. The Morgan fingerprint density at radius 2 is 1.02 bits per heavy atom. The number of amides is 2. The Hall–Kier alpha value is -3.16. The van der Waals surface area contributed by atoms with Gasteiger partial charge in [-0.2, -0.15) is 57.0 Å². The minimum atomic E-state index is -5.29. The molecule has 0 spiro atoms. The van der Waals surface area contributed by atoms with E-state index in [1.807, 2.05) is 0 Å². The molecule has 0 bridgehead atoms. The molecule has 40 heteroatoms. The van der Waals surface area contributed by atoms with E-state index >= 15 is 0 Å². The Morgan fingerprint density at radius 1 is 0.512 bits per heavy atom. The first-order valence-electron chi connectivity index (χ1n) is 19.9. The number of carbonyl (C=O) groups is 3. The molecule has 1 heterocycles. The van der Waals surface area contributed by atoms with Gasteiger partial charge in [0.15, 0.2) is 11.6 Å². The van der Waals surface area contributed by atoms with Crippen molar-refractivity contribution < 1.29 is 227 Å². The largest absolute Gasteiger partial charge is 1.00 e. The van der Waals surface area contributed by atoms with Crippen LogP contribution >= 0.6 is 11.6 Å². The first-order chi connectivity index (χ1) is 34.8. The number of azo groups is 1. The molecule has 29 nitrogen and oxygen atoms in total. The molecule has 7 aromatic rings. The molecule has 0 saturated carbocycles. The first-order valence-corrected chi connectivity index (χ1v) is 27.5. The predicted molar refractivity (Wildman–Crippen MR) is 262 cm³/mol. The van der Waals surface area contributed by atoms with Crippen LogP contribution in [0, 0.1) is 0 Å². The second kappa shape index (κ2) is 26.8. The fourth-order valence-electron chi connectivity index (χ4n) is 7.41. The summed E-state index contributed by atoms with van der Waals surface area (Å²) in [6.45, 7) is 0. The Kier molecular flexibility index (Phi) is 23.8. The summed E-state index contributed by atoms with van der Waals surface area (Å²) in [6, 6.07) is 13.9. The number of nitrogens with zero attached hydrogens (tertiary/aromatic N) is 5. The van der Waals surface area contributed by atoms with Gasteiger partial charge in [-0.3, -0.25) is 32.4 Å². The number of carbonyl (C=O) groups excluding carboxylic acids is 3. The van der Waals surface area contributed by atoms with Gasteiger partial charge < -0.3 is 32.7 Å². The first kappa shape index (κ1) is 71.1. The van der Waals surface area contributed by atoms with Gasteiger partial charge in [0.1, 0.15) is 31.0 Å². The van der Waals surface area contributed by atoms with Crippen LogP contribution in [0.2, 0.25) is 5.28 Å². The van der Waals surface area contributed by atoms with Crippen molar-refractivity contribution >= 4 is 148 Å². The molecule has 0 aliphatic heterocycles. The van der Waals surface area contributed by atoms with E-state index in [1.54, 1.807) is 0 Å². The van der Waals surface area contributed by atoms with E-state index in [2.05, 4.69) is 46.4 Å². The Bertz CT molecular complexity index is 4360. The summed E-state index contributed by atoms with van der Waals surface area (Å²) in [7, 11) is -25.9. The Morgan fingerprint density at radius 3 is 1.57 bits per heavy atom. The van der Waals surface area contributed by atoms with Crippen LogP contribution < -0.4 is 181 Å². The number of halogens is 1. The quantitative estimate of drug-likeness (QED) is 0.0208. The summed E-state index contributed by atoms with van der Waals surface area (Å²) < 4.78 is 173. The molecule has 0 unspecified atom stereocenters. The molecule has 2 amide bonds. The minimum absolute atomic E-state index is 0. The topological polar surface area (TPSA) is 487 Å². The maximum atomic E-state index is 13.8. The molecule has 388 valence electrons. The third-order valence-corrected chi connectivity index (χ3v) is 15.0. The summed E-state index contributed by atoms with van der Waals surface area (Å²) >= 11 is 6.20. The monoisotopic (exact) mass is 1260 g/mol. The van der Waals surface area contributed by atoms with Crippen molar-refractivity contribution in [1.82, 2.24) is 15.0 Å². The van der Waals surface area contributed by atoms with Crippen LogP contribution in [0.1, 0.15) is 31.8 Å². The van der Waals surface area contributed by atoms with Gasteiger partial charge in [0.2, 0.25) is 17.2 Å². The molecule has 13 N–H and O–H groups in total. The van der Waals surface area contributed by atoms with Gasteiger partial charge in [-0.1, -0.05) is 24.3 Å². The zero-order chi connectivity index (χ0) is 54.9. The Balaban J connectivity index is 0.00000336. The summed E-state index contributed by atoms with van der Waals surface area (Å²) in [5, 5.41) is 16.2. The van der Waals surface area contributed by atoms with Gasteiger partial charge in [-0.15, -0.1) is 10.2 Å². The smallest absolute Gasteiger partial charge is 0.397 e. The number of ketones is 2. The molecule has 8 rings (SSSR count). The molecule has 80 heavy (non-hydrogen) atoms. The number of hydrogen-bond acceptors (Lipinski definition) is 22. The molecule has 0 radical (unpaired) electrons. The number of rotatable bonds is 14. The number of urea groups is 1. The molecule has 0 fully saturated rings. The zero-order valence-electron chi connectivity index (χ0n) is 41.5. The second-order valence-electron chi connectivity index (χ2n) is 15.4. The van der Waals surface area contributed by atoms with E-state index in [4.69, 9.17) is 23.1 Å². The van der Waals surface area contributed by atoms with Crippen LogP contribution in [0.5, 0.6) is 0 Å². The number of nitrogens with one attached hydrogen (secondary N) is 4. The van der Waals surface area contributed by atoms with Gasteiger partial charge in [0.05, 0.1) is 38.8 Å². The molecule has 1 aliphatic carbocycles. The van der Waals surface area contributed by atoms with E-state index in [9.17, 15) is 79.2 Å². The standard InChI is InChI=1S/C40H28ClN11O18S5.5Na/c41-37-48-39(45-18-5-7-23(24(11-18)46-38(43)55)51-52-26-14-22-16(10-30(26)74(65,66)67)9-19(71(56,57)58)13-29(22)73(62,63)64)50-40(49-37)47-25-12-17(6-8-28(25)72(59,60)61)44-27-15-31(75(68,69)70)34(42)33-32(27)35(53)20-3-1-2-4-21(20)36(33)54;;;;;/h1-15,44H,42H2,(H3,43,46,55)(H,56,57,58)(H,59,60,61)(H,62,63,64)(H,65,66,67)(H,68,69,70)(H2,45,47,48,49,50);;;;;/q;5*+1. The number of fused-ring (bicyclic) bond motifs is 3. The van der Waals surface area contributed by atoms with Crippen molar-refractivity contribution in [3.05, 3.63) is 119 Å². The van der Waals surface area contributed by atoms with E-state index in [-0.39, 0.29) is 187 Å². The van der Waals surface area contributed by atoms with Crippen molar-refractivity contribution in [3.63, 3.8) is 0 Å². The average Bonchev–Trinajstić information content (AvgIpc) is 3.28. The van der Waals surface area contributed by atoms with Crippen LogP contribution in [0.15, 0.2) is 126 Å². The number of nitrogens with two attached hydrogens (primary N) is 2. The summed E-state index contributed by atoms with van der Waals surface area (Å²) in [6.07, 6.45) is 0. The van der Waals surface area contributed by atoms with Crippen molar-refractivity contribution in [3.8, 4) is 0 Å². The van der Waals surface area contributed by atoms with Crippen molar-refractivity contribution in [2.75, 3.05) is 27.0 Å². The van der Waals surface area contributed by atoms with E-state index in [0.29, 0.717) is 24.3 Å². The number of nitrogen functional groups attached to an aromatic ring is 1. The van der Waals surface area contributed by atoms with Crippen molar-refractivity contribution in [2.45, 2.75) is 24.5 Å². The van der Waals surface area contributed by atoms with Gasteiger partial charge in [-0.25, -0.2) is 4.79 Å². The SMILES string of the molecule is NC(=O)Nc1cc(Nc2nc(Cl)nc(Nc3cc(Nc4cc(S(=O)(=O)O)c(N)c5c4C(=O)c4ccccc4C5=O)ccc3S(=O)(=O)O)n2)ccc1N=Nc1cc2c(S(=O)(=O)O)cc(S(=O)(=O)O)cc2cc1S(=O)(=O)O.[Na+].[Na+].[Na+].[Na+].[Na+]. The average molecular weight is 1260 g/mol. The van der Waals surface area contributed by atoms with Crippen LogP contribution in [0.25, 0.3) is 10.8 Å². The fraction of sp³-hybridized carbons (Fsp3) is 0. The molecule has 1 aliphatic rings. The van der Waals surface area contributed by atoms with Crippen molar-refractivity contribution in [2.24, 2.45) is 16.0 Å². The van der Waals surface area contributed by atoms with Gasteiger partial charge in [-0.05, 0) is 83.7 Å². The normalized spacial score (nSPS) is 12.3. The zero-order valence-corrected chi connectivity index (χ0v) is 56.4. The number of benzene rings is 6. The fourth-order valence-corrected chi connectivity index (χ4v) is 10.8. The van der Waals surface area contributed by atoms with Crippen LogP contribution in [0.4, 0.5) is 62.2 Å². The molecule has 1 aromatic heterocycles. The van der Waals surface area contributed by atoms with E-state index in [0.717, 1.165) is 36.4 Å². The Labute approximate surface area is 567 Å².